The number of hydrogen-bond acceptors (Lipinski definition) is 3. The summed E-state index contributed by atoms with van der Waals surface area (Å²) in [5, 5.41) is 1.89. The zero-order valence-electron chi connectivity index (χ0n) is 12.2. The Morgan fingerprint density at radius 1 is 1.23 bits per heavy atom. The first kappa shape index (κ1) is 15.3. The molecule has 1 heterocycles. The summed E-state index contributed by atoms with van der Waals surface area (Å²) in [7, 11) is 1.68. The Hall–Kier alpha value is -1.62. The number of fused-ring (bicyclic) bond motifs is 1. The van der Waals surface area contributed by atoms with E-state index in [1.54, 1.807) is 18.9 Å². The van der Waals surface area contributed by atoms with Gasteiger partial charge in [-0.05, 0) is 42.8 Å². The van der Waals surface area contributed by atoms with Crippen molar-refractivity contribution < 1.29 is 4.74 Å². The molecule has 0 aliphatic heterocycles. The average molecular weight is 333 g/mol. The predicted octanol–water partition coefficient (Wildman–Crippen LogP) is 4.48. The Labute approximate surface area is 138 Å². The van der Waals surface area contributed by atoms with Crippen LogP contribution in [0.1, 0.15) is 5.56 Å². The lowest BCUT2D eigenvalue weighted by Crippen LogP contribution is -2.03. The molecular weight excluding hydrogens is 316 g/mol. The molecule has 3 rings (SSSR count). The van der Waals surface area contributed by atoms with Crippen molar-refractivity contribution in [3.8, 4) is 5.75 Å². The highest BCUT2D eigenvalue weighted by atomic mass is 35.5. The maximum Gasteiger partial charge on any atom is 0.142 e. The minimum Gasteiger partial charge on any atom is -0.495 e. The molecule has 0 saturated carbocycles. The molecule has 3 N–H and O–H groups in total. The number of H-pyrrole nitrogens is 1. The van der Waals surface area contributed by atoms with Crippen molar-refractivity contribution in [2.24, 2.45) is 5.73 Å². The van der Waals surface area contributed by atoms with Crippen molar-refractivity contribution in [2.45, 2.75) is 16.2 Å². The van der Waals surface area contributed by atoms with Crippen molar-refractivity contribution in [3.63, 3.8) is 0 Å². The Bertz CT molecular complexity index is 800. The van der Waals surface area contributed by atoms with Gasteiger partial charge in [0.1, 0.15) is 5.75 Å². The van der Waals surface area contributed by atoms with E-state index in [0.717, 1.165) is 33.0 Å². The van der Waals surface area contributed by atoms with E-state index in [0.29, 0.717) is 6.54 Å². The van der Waals surface area contributed by atoms with Gasteiger partial charge in [-0.1, -0.05) is 35.5 Å². The van der Waals surface area contributed by atoms with Gasteiger partial charge in [0.15, 0.2) is 0 Å². The van der Waals surface area contributed by atoms with Crippen LogP contribution in [0.2, 0.25) is 5.02 Å². The Morgan fingerprint density at radius 2 is 2.09 bits per heavy atom. The van der Waals surface area contributed by atoms with Crippen LogP contribution in [0.4, 0.5) is 0 Å². The molecular formula is C17H17ClN2OS. The third kappa shape index (κ3) is 2.95. The summed E-state index contributed by atoms with van der Waals surface area (Å²) < 4.78 is 5.39. The van der Waals surface area contributed by atoms with E-state index in [2.05, 4.69) is 17.1 Å². The largest absolute Gasteiger partial charge is 0.495 e. The van der Waals surface area contributed by atoms with E-state index in [1.807, 2.05) is 30.5 Å². The number of hydrogen-bond donors (Lipinski definition) is 2. The molecule has 0 fully saturated rings. The van der Waals surface area contributed by atoms with Crippen molar-refractivity contribution in [3.05, 3.63) is 53.2 Å². The lowest BCUT2D eigenvalue weighted by Gasteiger charge is -2.08. The number of halogens is 1. The lowest BCUT2D eigenvalue weighted by molar-refractivity contribution is 0.419. The molecule has 0 saturated heterocycles. The molecule has 3 nitrogen and oxygen atoms in total. The summed E-state index contributed by atoms with van der Waals surface area (Å²) in [5.74, 6) is 0.850. The van der Waals surface area contributed by atoms with Crippen LogP contribution in [-0.4, -0.2) is 18.6 Å². The monoisotopic (exact) mass is 332 g/mol. The quantitative estimate of drug-likeness (QED) is 0.724. The maximum absolute atomic E-state index is 6.10. The number of ether oxygens (including phenoxy) is 1. The topological polar surface area (TPSA) is 51.0 Å². The number of benzene rings is 2. The number of aromatic amines is 1. The molecule has 3 aromatic rings. The Balaban J connectivity index is 2.00. The number of nitrogens with two attached hydrogens (primary N) is 1. The molecule has 0 aliphatic carbocycles. The third-order valence-corrected chi connectivity index (χ3v) is 4.93. The number of aromatic nitrogens is 1. The Kier molecular flexibility index (Phi) is 4.62. The molecule has 0 unspecified atom stereocenters. The first-order valence-electron chi connectivity index (χ1n) is 7.03. The first-order chi connectivity index (χ1) is 10.7. The number of nitrogens with one attached hydrogen (secondary N) is 1. The fourth-order valence-electron chi connectivity index (χ4n) is 2.47. The van der Waals surface area contributed by atoms with E-state index in [1.165, 1.54) is 10.5 Å². The van der Waals surface area contributed by atoms with Gasteiger partial charge in [0.25, 0.3) is 0 Å². The summed E-state index contributed by atoms with van der Waals surface area (Å²) in [6.07, 6.45) is 2.83. The molecule has 1 aromatic heterocycles. The second-order valence-corrected chi connectivity index (χ2v) is 6.45. The molecule has 0 amide bonds. The van der Waals surface area contributed by atoms with Gasteiger partial charge >= 0.3 is 0 Å². The van der Waals surface area contributed by atoms with Gasteiger partial charge < -0.3 is 15.5 Å². The molecule has 0 aliphatic rings. The van der Waals surface area contributed by atoms with E-state index in [-0.39, 0.29) is 0 Å². The van der Waals surface area contributed by atoms with Gasteiger partial charge in [-0.25, -0.2) is 0 Å². The fraction of sp³-hybridized carbons (Fsp3) is 0.176. The van der Waals surface area contributed by atoms with Crippen LogP contribution >= 0.6 is 23.4 Å². The van der Waals surface area contributed by atoms with Crippen LogP contribution in [-0.2, 0) is 6.42 Å². The molecule has 0 radical (unpaired) electrons. The average Bonchev–Trinajstić information content (AvgIpc) is 2.93. The molecule has 5 heteroatoms. The van der Waals surface area contributed by atoms with Gasteiger partial charge in [-0.2, -0.15) is 0 Å². The van der Waals surface area contributed by atoms with Gasteiger partial charge in [0.05, 0.1) is 12.6 Å². The maximum atomic E-state index is 6.10. The Morgan fingerprint density at radius 3 is 2.86 bits per heavy atom. The highest BCUT2D eigenvalue weighted by Gasteiger charge is 2.11. The van der Waals surface area contributed by atoms with Gasteiger partial charge in [0, 0.05) is 26.4 Å². The van der Waals surface area contributed by atoms with Crippen LogP contribution in [0.15, 0.2) is 52.4 Å². The van der Waals surface area contributed by atoms with Crippen molar-refractivity contribution >= 4 is 34.3 Å². The summed E-state index contributed by atoms with van der Waals surface area (Å²) in [6.45, 7) is 0.607. The zero-order chi connectivity index (χ0) is 15.5. The van der Waals surface area contributed by atoms with Crippen LogP contribution in [0.3, 0.4) is 0 Å². The van der Waals surface area contributed by atoms with Crippen molar-refractivity contribution in [1.29, 1.82) is 0 Å². The zero-order valence-corrected chi connectivity index (χ0v) is 13.8. The smallest absolute Gasteiger partial charge is 0.142 e. The number of para-hydroxylation sites is 1. The minimum absolute atomic E-state index is 0.607. The predicted molar refractivity (Wildman–Crippen MR) is 93.2 cm³/mol. The summed E-state index contributed by atoms with van der Waals surface area (Å²) >= 11 is 7.81. The number of rotatable bonds is 5. The normalized spacial score (nSPS) is 11.0. The number of methoxy groups -OCH3 is 1. The summed E-state index contributed by atoms with van der Waals surface area (Å²) in [4.78, 5) is 5.64. The van der Waals surface area contributed by atoms with Crippen molar-refractivity contribution in [2.75, 3.05) is 13.7 Å². The lowest BCUT2D eigenvalue weighted by atomic mass is 10.1. The van der Waals surface area contributed by atoms with Crippen LogP contribution in [0.5, 0.6) is 5.75 Å². The third-order valence-electron chi connectivity index (χ3n) is 3.52. The van der Waals surface area contributed by atoms with E-state index >= 15 is 0 Å². The second-order valence-electron chi connectivity index (χ2n) is 4.93. The van der Waals surface area contributed by atoms with Crippen LogP contribution < -0.4 is 10.5 Å². The van der Waals surface area contributed by atoms with E-state index < -0.39 is 0 Å². The van der Waals surface area contributed by atoms with Gasteiger partial charge in [-0.3, -0.25) is 0 Å². The molecule has 22 heavy (non-hydrogen) atoms. The van der Waals surface area contributed by atoms with E-state index in [9.17, 15) is 0 Å². The van der Waals surface area contributed by atoms with Crippen LogP contribution in [0.25, 0.3) is 10.9 Å². The van der Waals surface area contributed by atoms with Gasteiger partial charge in [-0.15, -0.1) is 0 Å². The SMILES string of the molecule is COc1cccc2c(Sc3ccc(Cl)cc3CCN)c[nH]c12. The molecule has 114 valence electrons. The first-order valence-corrected chi connectivity index (χ1v) is 8.23. The highest BCUT2D eigenvalue weighted by molar-refractivity contribution is 7.99. The van der Waals surface area contributed by atoms with Crippen LogP contribution in [0, 0.1) is 0 Å². The molecule has 0 atom stereocenters. The van der Waals surface area contributed by atoms with Crippen molar-refractivity contribution in [1.82, 2.24) is 4.98 Å². The second kappa shape index (κ2) is 6.65. The molecule has 0 spiro atoms. The highest BCUT2D eigenvalue weighted by Crippen LogP contribution is 2.38. The standard InChI is InChI=1S/C17H17ClN2OS/c1-21-14-4-2-3-13-16(10-20-17(13)14)22-15-6-5-12(18)9-11(15)7-8-19/h2-6,9-10,20H,7-8,19H2,1H3. The minimum atomic E-state index is 0.607. The molecule has 0 bridgehead atoms. The molecule has 2 aromatic carbocycles. The summed E-state index contributed by atoms with van der Waals surface area (Å²) in [6, 6.07) is 12.0. The van der Waals surface area contributed by atoms with E-state index in [4.69, 9.17) is 22.1 Å². The van der Waals surface area contributed by atoms with Gasteiger partial charge in [0.2, 0.25) is 0 Å². The summed E-state index contributed by atoms with van der Waals surface area (Å²) in [5.41, 5.74) is 7.90. The fourth-order valence-corrected chi connectivity index (χ4v) is 3.73.